The lowest BCUT2D eigenvalue weighted by Gasteiger charge is -2.34. The first-order chi connectivity index (χ1) is 18.1. The minimum Gasteiger partial charge on any atom is -0.454 e. The van der Waals surface area contributed by atoms with E-state index in [-0.39, 0.29) is 31.6 Å². The molecule has 1 aliphatic rings. The number of carbonyl (C=O) groups excluding carboxylic acids is 2. The van der Waals surface area contributed by atoms with Crippen LogP contribution in [-0.4, -0.2) is 35.1 Å². The van der Waals surface area contributed by atoms with Crippen LogP contribution >= 0.6 is 23.2 Å². The van der Waals surface area contributed by atoms with Crippen molar-refractivity contribution in [2.45, 2.75) is 58.2 Å². The predicted molar refractivity (Wildman–Crippen MR) is 150 cm³/mol. The summed E-state index contributed by atoms with van der Waals surface area (Å²) in [6, 6.07) is 19.8. The van der Waals surface area contributed by atoms with Gasteiger partial charge in [0.25, 0.3) is 0 Å². The maximum absolute atomic E-state index is 13.9. The lowest BCUT2D eigenvalue weighted by molar-refractivity contribution is -0.141. The van der Waals surface area contributed by atoms with Crippen LogP contribution < -0.4 is 14.8 Å². The van der Waals surface area contributed by atoms with Gasteiger partial charge in [-0.3, -0.25) is 9.59 Å². The van der Waals surface area contributed by atoms with Gasteiger partial charge in [0, 0.05) is 35.0 Å². The molecule has 1 atom stereocenters. The minimum atomic E-state index is -0.743. The van der Waals surface area contributed by atoms with Crippen LogP contribution in [0.3, 0.4) is 0 Å². The highest BCUT2D eigenvalue weighted by atomic mass is 35.5. The van der Waals surface area contributed by atoms with Crippen LogP contribution in [0.15, 0.2) is 66.7 Å². The number of amides is 2. The molecule has 0 unspecified atom stereocenters. The number of rotatable bonds is 9. The van der Waals surface area contributed by atoms with Crippen LogP contribution in [0.2, 0.25) is 10.0 Å². The molecule has 1 heterocycles. The van der Waals surface area contributed by atoms with Gasteiger partial charge in [-0.05, 0) is 68.1 Å². The fourth-order valence-electron chi connectivity index (χ4n) is 4.33. The largest absolute Gasteiger partial charge is 0.454 e. The first kappa shape index (κ1) is 27.8. The maximum atomic E-state index is 13.9. The Morgan fingerprint density at radius 2 is 1.68 bits per heavy atom. The van der Waals surface area contributed by atoms with Crippen molar-refractivity contribution in [1.82, 2.24) is 10.2 Å². The average molecular weight is 556 g/mol. The molecule has 0 saturated carbocycles. The second-order valence-electron chi connectivity index (χ2n) is 10.4. The van der Waals surface area contributed by atoms with Gasteiger partial charge in [0.15, 0.2) is 11.5 Å². The molecule has 0 aromatic heterocycles. The zero-order valence-electron chi connectivity index (χ0n) is 21.8. The molecule has 38 heavy (non-hydrogen) atoms. The Balaban J connectivity index is 1.64. The third kappa shape index (κ3) is 7.42. The number of nitrogens with zero attached hydrogens (tertiary/aromatic N) is 1. The Morgan fingerprint density at radius 3 is 2.39 bits per heavy atom. The van der Waals surface area contributed by atoms with E-state index in [1.165, 1.54) is 0 Å². The molecule has 200 valence electrons. The highest BCUT2D eigenvalue weighted by Gasteiger charge is 2.32. The quantitative estimate of drug-likeness (QED) is 0.341. The molecule has 3 aromatic carbocycles. The summed E-state index contributed by atoms with van der Waals surface area (Å²) in [6.45, 7) is 6.13. The molecule has 0 spiro atoms. The molecule has 0 bridgehead atoms. The van der Waals surface area contributed by atoms with E-state index in [0.29, 0.717) is 39.9 Å². The third-order valence-electron chi connectivity index (χ3n) is 6.19. The molecule has 0 saturated heterocycles. The van der Waals surface area contributed by atoms with Gasteiger partial charge in [0.1, 0.15) is 6.04 Å². The van der Waals surface area contributed by atoms with E-state index in [1.807, 2.05) is 69.3 Å². The lowest BCUT2D eigenvalue weighted by atomic mass is 9.99. The van der Waals surface area contributed by atoms with Crippen molar-refractivity contribution in [3.05, 3.63) is 93.5 Å². The Kier molecular flexibility index (Phi) is 8.85. The molecular weight excluding hydrogens is 523 g/mol. The van der Waals surface area contributed by atoms with Crippen LogP contribution in [0.5, 0.6) is 11.5 Å². The zero-order valence-corrected chi connectivity index (χ0v) is 23.3. The maximum Gasteiger partial charge on any atom is 0.243 e. The van der Waals surface area contributed by atoms with Crippen molar-refractivity contribution in [1.29, 1.82) is 0 Å². The highest BCUT2D eigenvalue weighted by Crippen LogP contribution is 2.33. The van der Waals surface area contributed by atoms with Crippen LogP contribution in [0, 0.1) is 0 Å². The number of nitrogens with one attached hydrogen (secondary N) is 1. The molecule has 8 heteroatoms. The molecule has 1 aliphatic heterocycles. The van der Waals surface area contributed by atoms with Gasteiger partial charge in [0.05, 0.1) is 0 Å². The van der Waals surface area contributed by atoms with Gasteiger partial charge in [-0.15, -0.1) is 0 Å². The van der Waals surface area contributed by atoms with Crippen molar-refractivity contribution in [2.24, 2.45) is 0 Å². The van der Waals surface area contributed by atoms with E-state index < -0.39 is 11.6 Å². The van der Waals surface area contributed by atoms with Gasteiger partial charge in [-0.1, -0.05) is 65.7 Å². The van der Waals surface area contributed by atoms with Crippen molar-refractivity contribution < 1.29 is 19.1 Å². The summed E-state index contributed by atoms with van der Waals surface area (Å²) < 4.78 is 10.9. The standard InChI is InChI=1S/C30H32Cl2N2O4/c1-30(2,3)33-29(36)25(15-20-7-5-4-6-8-20)34(18-22-11-12-23(31)17-24(22)32)28(35)14-10-21-9-13-26-27(16-21)38-19-37-26/h4-9,11-13,16-17,25H,10,14-15,18-19H2,1-3H3,(H,33,36)/t25-/m0/s1. The topological polar surface area (TPSA) is 67.9 Å². The van der Waals surface area contributed by atoms with Gasteiger partial charge >= 0.3 is 0 Å². The average Bonchev–Trinajstić information content (AvgIpc) is 3.33. The van der Waals surface area contributed by atoms with Gasteiger partial charge < -0.3 is 19.7 Å². The number of benzene rings is 3. The third-order valence-corrected chi connectivity index (χ3v) is 6.78. The van der Waals surface area contributed by atoms with E-state index in [1.54, 1.807) is 23.1 Å². The van der Waals surface area contributed by atoms with Gasteiger partial charge in [-0.2, -0.15) is 0 Å². The second-order valence-corrected chi connectivity index (χ2v) is 11.2. The molecule has 6 nitrogen and oxygen atoms in total. The fraction of sp³-hybridized carbons (Fsp3) is 0.333. The fourth-order valence-corrected chi connectivity index (χ4v) is 4.80. The van der Waals surface area contributed by atoms with Crippen LogP contribution in [0.1, 0.15) is 43.9 Å². The number of ether oxygens (including phenoxy) is 2. The summed E-state index contributed by atoms with van der Waals surface area (Å²) in [5, 5.41) is 4.02. The number of hydrogen-bond acceptors (Lipinski definition) is 4. The van der Waals surface area contributed by atoms with Crippen molar-refractivity contribution >= 4 is 35.0 Å². The number of fused-ring (bicyclic) bond motifs is 1. The van der Waals surface area contributed by atoms with E-state index in [9.17, 15) is 9.59 Å². The molecular formula is C30H32Cl2N2O4. The molecule has 3 aromatic rings. The molecule has 0 radical (unpaired) electrons. The molecule has 2 amide bonds. The summed E-state index contributed by atoms with van der Waals surface area (Å²) in [6.07, 6.45) is 1.06. The van der Waals surface area contributed by atoms with Gasteiger partial charge in [-0.25, -0.2) is 0 Å². The number of carbonyl (C=O) groups is 2. The second kappa shape index (κ2) is 12.1. The predicted octanol–water partition coefficient (Wildman–Crippen LogP) is 6.21. The zero-order chi connectivity index (χ0) is 27.3. The van der Waals surface area contributed by atoms with E-state index in [2.05, 4.69) is 5.32 Å². The van der Waals surface area contributed by atoms with Gasteiger partial charge in [0.2, 0.25) is 18.6 Å². The molecule has 4 rings (SSSR count). The van der Waals surface area contributed by atoms with Crippen molar-refractivity contribution in [3.63, 3.8) is 0 Å². The number of aryl methyl sites for hydroxylation is 1. The summed E-state index contributed by atoms with van der Waals surface area (Å²) in [5.74, 6) is 0.994. The van der Waals surface area contributed by atoms with E-state index in [4.69, 9.17) is 32.7 Å². The van der Waals surface area contributed by atoms with Crippen LogP contribution in [-0.2, 0) is 29.0 Å². The first-order valence-electron chi connectivity index (χ1n) is 12.6. The van der Waals surface area contributed by atoms with Crippen LogP contribution in [0.25, 0.3) is 0 Å². The Labute approximate surface area is 233 Å². The van der Waals surface area contributed by atoms with Crippen molar-refractivity contribution in [2.75, 3.05) is 6.79 Å². The number of hydrogen-bond donors (Lipinski definition) is 1. The lowest BCUT2D eigenvalue weighted by Crippen LogP contribution is -2.54. The van der Waals surface area contributed by atoms with E-state index >= 15 is 0 Å². The molecule has 1 N–H and O–H groups in total. The Bertz CT molecular complexity index is 1290. The summed E-state index contributed by atoms with van der Waals surface area (Å²) in [7, 11) is 0. The summed E-state index contributed by atoms with van der Waals surface area (Å²) >= 11 is 12.6. The Hall–Kier alpha value is -3.22. The molecule has 0 fully saturated rings. The van der Waals surface area contributed by atoms with Crippen LogP contribution in [0.4, 0.5) is 0 Å². The van der Waals surface area contributed by atoms with Crippen molar-refractivity contribution in [3.8, 4) is 11.5 Å². The normalized spacial score (nSPS) is 13.2. The van der Waals surface area contributed by atoms with E-state index in [0.717, 1.165) is 11.1 Å². The first-order valence-corrected chi connectivity index (χ1v) is 13.3. The Morgan fingerprint density at radius 1 is 0.947 bits per heavy atom. The SMILES string of the molecule is CC(C)(C)NC(=O)[C@H](Cc1ccccc1)N(Cc1ccc(Cl)cc1Cl)C(=O)CCc1ccc2c(c1)OCO2. The highest BCUT2D eigenvalue weighted by molar-refractivity contribution is 6.35. The molecule has 0 aliphatic carbocycles. The minimum absolute atomic E-state index is 0.154. The monoisotopic (exact) mass is 554 g/mol. The smallest absolute Gasteiger partial charge is 0.243 e. The summed E-state index contributed by atoms with van der Waals surface area (Å²) in [5.41, 5.74) is 2.16. The number of halogens is 2. The summed E-state index contributed by atoms with van der Waals surface area (Å²) in [4.78, 5) is 29.1.